The zero-order chi connectivity index (χ0) is 14.1. The number of hydrogen-bond donors (Lipinski definition) is 0. The van der Waals surface area contributed by atoms with Gasteiger partial charge in [0.15, 0.2) is 0 Å². The van der Waals surface area contributed by atoms with Gasteiger partial charge in [-0.2, -0.15) is 0 Å². The molecule has 1 aromatic heterocycles. The van der Waals surface area contributed by atoms with Crippen LogP contribution < -0.4 is 4.74 Å². The van der Waals surface area contributed by atoms with Crippen LogP contribution in [-0.2, 0) is 13.7 Å². The average Bonchev–Trinajstić information content (AvgIpc) is 2.73. The Morgan fingerprint density at radius 2 is 2.00 bits per heavy atom. The minimum Gasteiger partial charge on any atom is -0.489 e. The van der Waals surface area contributed by atoms with Crippen molar-refractivity contribution in [2.75, 3.05) is 0 Å². The van der Waals surface area contributed by atoms with Crippen molar-refractivity contribution in [1.82, 2.24) is 4.57 Å². The molecule has 20 heavy (non-hydrogen) atoms. The van der Waals surface area contributed by atoms with Gasteiger partial charge in [0.1, 0.15) is 18.2 Å². The van der Waals surface area contributed by atoms with Gasteiger partial charge in [-0.3, -0.25) is 0 Å². The van der Waals surface area contributed by atoms with E-state index in [1.54, 1.807) is 12.1 Å². The van der Waals surface area contributed by atoms with Crippen LogP contribution in [0.3, 0.4) is 0 Å². The van der Waals surface area contributed by atoms with Crippen LogP contribution in [0.4, 0.5) is 4.39 Å². The standard InChI is InChI=1S/C17H16FNO/c1-12-4-3-5-15(8-12)20-11-13-10-19(2)17-7-6-14(18)9-16(13)17/h3-10H,11H2,1-2H3. The summed E-state index contributed by atoms with van der Waals surface area (Å²) >= 11 is 0. The molecule has 0 bridgehead atoms. The number of fused-ring (bicyclic) bond motifs is 1. The van der Waals surface area contributed by atoms with Gasteiger partial charge < -0.3 is 9.30 Å². The fourth-order valence-corrected chi connectivity index (χ4v) is 2.43. The van der Waals surface area contributed by atoms with E-state index >= 15 is 0 Å². The van der Waals surface area contributed by atoms with E-state index < -0.39 is 0 Å². The van der Waals surface area contributed by atoms with Gasteiger partial charge in [0.25, 0.3) is 0 Å². The number of halogens is 1. The van der Waals surface area contributed by atoms with Gasteiger partial charge in [-0.1, -0.05) is 12.1 Å². The average molecular weight is 269 g/mol. The van der Waals surface area contributed by atoms with Crippen molar-refractivity contribution in [3.05, 3.63) is 65.6 Å². The highest BCUT2D eigenvalue weighted by Gasteiger charge is 2.08. The highest BCUT2D eigenvalue weighted by atomic mass is 19.1. The normalized spacial score (nSPS) is 10.9. The number of aryl methyl sites for hydroxylation is 2. The Balaban J connectivity index is 1.89. The maximum Gasteiger partial charge on any atom is 0.123 e. The van der Waals surface area contributed by atoms with Crippen LogP contribution in [0.1, 0.15) is 11.1 Å². The molecule has 0 spiro atoms. The summed E-state index contributed by atoms with van der Waals surface area (Å²) in [6.07, 6.45) is 1.99. The van der Waals surface area contributed by atoms with Crippen LogP contribution in [0, 0.1) is 12.7 Å². The van der Waals surface area contributed by atoms with Gasteiger partial charge >= 0.3 is 0 Å². The summed E-state index contributed by atoms with van der Waals surface area (Å²) in [6, 6.07) is 12.7. The van der Waals surface area contributed by atoms with Crippen molar-refractivity contribution in [2.24, 2.45) is 7.05 Å². The van der Waals surface area contributed by atoms with E-state index in [2.05, 4.69) is 0 Å². The van der Waals surface area contributed by atoms with Gasteiger partial charge in [0.05, 0.1) is 0 Å². The predicted octanol–water partition coefficient (Wildman–Crippen LogP) is 4.20. The molecule has 3 heteroatoms. The first-order valence-electron chi connectivity index (χ1n) is 6.56. The Morgan fingerprint density at radius 3 is 2.80 bits per heavy atom. The number of nitrogens with zero attached hydrogens (tertiary/aromatic N) is 1. The maximum absolute atomic E-state index is 13.4. The topological polar surface area (TPSA) is 14.2 Å². The van der Waals surface area contributed by atoms with Crippen LogP contribution >= 0.6 is 0 Å². The zero-order valence-corrected chi connectivity index (χ0v) is 11.6. The van der Waals surface area contributed by atoms with Gasteiger partial charge in [-0.15, -0.1) is 0 Å². The van der Waals surface area contributed by atoms with Gasteiger partial charge in [0.2, 0.25) is 0 Å². The van der Waals surface area contributed by atoms with Crippen molar-refractivity contribution in [3.8, 4) is 5.75 Å². The summed E-state index contributed by atoms with van der Waals surface area (Å²) in [7, 11) is 1.95. The van der Waals surface area contributed by atoms with E-state index in [1.165, 1.54) is 6.07 Å². The van der Waals surface area contributed by atoms with Crippen molar-refractivity contribution in [1.29, 1.82) is 0 Å². The van der Waals surface area contributed by atoms with Crippen LogP contribution in [-0.4, -0.2) is 4.57 Å². The van der Waals surface area contributed by atoms with E-state index in [-0.39, 0.29) is 5.82 Å². The van der Waals surface area contributed by atoms with Crippen molar-refractivity contribution >= 4 is 10.9 Å². The molecule has 0 aliphatic carbocycles. The predicted molar refractivity (Wildman–Crippen MR) is 78.4 cm³/mol. The SMILES string of the molecule is Cc1cccc(OCc2cn(C)c3ccc(F)cc23)c1. The summed E-state index contributed by atoms with van der Waals surface area (Å²) in [6.45, 7) is 2.46. The molecule has 0 fully saturated rings. The van der Waals surface area contributed by atoms with E-state index in [1.807, 2.05) is 49.0 Å². The Hall–Kier alpha value is -2.29. The lowest BCUT2D eigenvalue weighted by Gasteiger charge is -2.06. The molecule has 0 amide bonds. The maximum atomic E-state index is 13.4. The van der Waals surface area contributed by atoms with Crippen molar-refractivity contribution < 1.29 is 9.13 Å². The highest BCUT2D eigenvalue weighted by Crippen LogP contribution is 2.23. The lowest BCUT2D eigenvalue weighted by molar-refractivity contribution is 0.307. The smallest absolute Gasteiger partial charge is 0.123 e. The minimum atomic E-state index is -0.222. The quantitative estimate of drug-likeness (QED) is 0.695. The number of rotatable bonds is 3. The highest BCUT2D eigenvalue weighted by molar-refractivity contribution is 5.83. The molecule has 0 saturated carbocycles. The largest absolute Gasteiger partial charge is 0.489 e. The van der Waals surface area contributed by atoms with Crippen LogP contribution in [0.25, 0.3) is 10.9 Å². The Morgan fingerprint density at radius 1 is 1.15 bits per heavy atom. The second-order valence-corrected chi connectivity index (χ2v) is 5.03. The van der Waals surface area contributed by atoms with Crippen LogP contribution in [0.5, 0.6) is 5.75 Å². The first-order chi connectivity index (χ1) is 9.63. The van der Waals surface area contributed by atoms with Gasteiger partial charge in [-0.05, 0) is 42.8 Å². The fraction of sp³-hybridized carbons (Fsp3) is 0.176. The second kappa shape index (κ2) is 5.00. The molecule has 0 aliphatic heterocycles. The summed E-state index contributed by atoms with van der Waals surface area (Å²) in [5, 5.41) is 0.903. The number of benzene rings is 2. The molecule has 3 aromatic rings. The summed E-state index contributed by atoms with van der Waals surface area (Å²) in [5.41, 5.74) is 3.16. The summed E-state index contributed by atoms with van der Waals surface area (Å²) in [5.74, 6) is 0.610. The molecule has 3 rings (SSSR count). The van der Waals surface area contributed by atoms with Crippen LogP contribution in [0.15, 0.2) is 48.7 Å². The molecule has 0 unspecified atom stereocenters. The molecule has 0 aliphatic rings. The molecule has 0 radical (unpaired) electrons. The molecule has 0 atom stereocenters. The molecule has 102 valence electrons. The van der Waals surface area contributed by atoms with Gasteiger partial charge in [-0.25, -0.2) is 4.39 Å². The number of hydrogen-bond acceptors (Lipinski definition) is 1. The molecular formula is C17H16FNO. The second-order valence-electron chi connectivity index (χ2n) is 5.03. The molecule has 2 nitrogen and oxygen atoms in total. The molecule has 0 saturated heterocycles. The number of aromatic nitrogens is 1. The first-order valence-corrected chi connectivity index (χ1v) is 6.56. The third-order valence-corrected chi connectivity index (χ3v) is 3.42. The summed E-state index contributed by atoms with van der Waals surface area (Å²) in [4.78, 5) is 0. The van der Waals surface area contributed by atoms with Gasteiger partial charge in [0, 0.05) is 29.7 Å². The molecule has 2 aromatic carbocycles. The van der Waals surface area contributed by atoms with E-state index in [0.717, 1.165) is 27.8 Å². The van der Waals surface area contributed by atoms with Crippen molar-refractivity contribution in [2.45, 2.75) is 13.5 Å². The zero-order valence-electron chi connectivity index (χ0n) is 11.6. The first kappa shape index (κ1) is 12.7. The Bertz CT molecular complexity index is 761. The monoisotopic (exact) mass is 269 g/mol. The van der Waals surface area contributed by atoms with E-state index in [9.17, 15) is 4.39 Å². The third kappa shape index (κ3) is 2.39. The lowest BCUT2D eigenvalue weighted by atomic mass is 10.2. The molecule has 1 heterocycles. The third-order valence-electron chi connectivity index (χ3n) is 3.42. The van der Waals surface area contributed by atoms with Crippen molar-refractivity contribution in [3.63, 3.8) is 0 Å². The summed E-state index contributed by atoms with van der Waals surface area (Å²) < 4.78 is 21.2. The minimum absolute atomic E-state index is 0.222. The Kier molecular flexibility index (Phi) is 3.18. The van der Waals surface area contributed by atoms with E-state index in [4.69, 9.17) is 4.74 Å². The molecular weight excluding hydrogens is 253 g/mol. The number of ether oxygens (including phenoxy) is 1. The van der Waals surface area contributed by atoms with Crippen LogP contribution in [0.2, 0.25) is 0 Å². The fourth-order valence-electron chi connectivity index (χ4n) is 2.43. The lowest BCUT2D eigenvalue weighted by Crippen LogP contribution is -1.95. The molecule has 0 N–H and O–H groups in total. The Labute approximate surface area is 117 Å². The van der Waals surface area contributed by atoms with E-state index in [0.29, 0.717) is 6.61 Å².